The number of nitrogens with one attached hydrogen (secondary N) is 2. The number of carbonyl (C=O) groups excluding carboxylic acids is 1. The van der Waals surface area contributed by atoms with E-state index >= 15 is 0 Å². The van der Waals surface area contributed by atoms with Gasteiger partial charge in [-0.15, -0.1) is 24.0 Å². The van der Waals surface area contributed by atoms with Crippen LogP contribution < -0.4 is 10.6 Å². The molecule has 1 aromatic rings. The van der Waals surface area contributed by atoms with Crippen LogP contribution in [0, 0.1) is 11.3 Å². The van der Waals surface area contributed by atoms with Gasteiger partial charge in [0.2, 0.25) is 0 Å². The van der Waals surface area contributed by atoms with Crippen LogP contribution >= 0.6 is 24.0 Å². The number of dihydropyridines is 1. The van der Waals surface area contributed by atoms with Gasteiger partial charge in [0.25, 0.3) is 0 Å². The van der Waals surface area contributed by atoms with Crippen LogP contribution in [-0.4, -0.2) is 39.4 Å². The van der Waals surface area contributed by atoms with Crippen molar-refractivity contribution in [3.63, 3.8) is 0 Å². The van der Waals surface area contributed by atoms with E-state index in [9.17, 15) is 10.1 Å². The van der Waals surface area contributed by atoms with Crippen molar-refractivity contribution in [2.24, 2.45) is 0 Å². The first-order valence-electron chi connectivity index (χ1n) is 7.81. The lowest BCUT2D eigenvalue weighted by Gasteiger charge is -2.26. The van der Waals surface area contributed by atoms with Crippen molar-refractivity contribution in [1.29, 1.82) is 5.26 Å². The van der Waals surface area contributed by atoms with Crippen molar-refractivity contribution >= 4 is 29.9 Å². The molecule has 134 valence electrons. The van der Waals surface area contributed by atoms with E-state index in [4.69, 9.17) is 9.47 Å². The Kier molecular flexibility index (Phi) is 7.52. The number of rotatable bonds is 2. The van der Waals surface area contributed by atoms with E-state index in [2.05, 4.69) is 29.3 Å². The predicted molar refractivity (Wildman–Crippen MR) is 100 cm³/mol. The summed E-state index contributed by atoms with van der Waals surface area (Å²) in [4.78, 5) is 12.9. The van der Waals surface area contributed by atoms with E-state index in [1.165, 1.54) is 18.4 Å². The van der Waals surface area contributed by atoms with Gasteiger partial charge < -0.3 is 20.1 Å². The molecule has 1 aromatic heterocycles. The summed E-state index contributed by atoms with van der Waals surface area (Å²) >= 11 is 5.78. The van der Waals surface area contributed by atoms with Crippen molar-refractivity contribution in [3.05, 3.63) is 44.3 Å². The zero-order valence-electron chi connectivity index (χ0n) is 14.2. The Morgan fingerprint density at radius 1 is 1.48 bits per heavy atom. The largest absolute Gasteiger partial charge is 0.466 e. The molecule has 2 aliphatic rings. The van der Waals surface area contributed by atoms with E-state index in [0.717, 1.165) is 31.2 Å². The quantitative estimate of drug-likeness (QED) is 0.539. The monoisotopic (exact) mass is 379 g/mol. The third-order valence-corrected chi connectivity index (χ3v) is 5.03. The van der Waals surface area contributed by atoms with Crippen molar-refractivity contribution < 1.29 is 14.3 Å². The molecule has 3 heterocycles. The number of ether oxygens (including phenoxy) is 2. The van der Waals surface area contributed by atoms with E-state index in [1.807, 2.05) is 17.5 Å². The maximum absolute atomic E-state index is 12.0. The van der Waals surface area contributed by atoms with Crippen molar-refractivity contribution in [3.8, 4) is 6.07 Å². The van der Waals surface area contributed by atoms with Gasteiger partial charge in [0.1, 0.15) is 0 Å². The minimum absolute atomic E-state index is 0.411. The summed E-state index contributed by atoms with van der Waals surface area (Å²) in [6.45, 7) is 5.61. The number of methoxy groups -OCH3 is 1. The van der Waals surface area contributed by atoms with Gasteiger partial charge in [0.15, 0.2) is 0 Å². The molecule has 1 unspecified atom stereocenters. The SMILES string of the molecule is C1COCCN1.COC(=O)C1=C(C)NC(S)=C(C#N)C1c1cccs1. The molecule has 0 saturated carbocycles. The Morgan fingerprint density at radius 3 is 2.64 bits per heavy atom. The van der Waals surface area contributed by atoms with Crippen molar-refractivity contribution in [2.75, 3.05) is 33.4 Å². The molecule has 1 atom stereocenters. The lowest BCUT2D eigenvalue weighted by atomic mass is 9.87. The second-order valence-corrected chi connectivity index (χ2v) is 6.77. The fraction of sp³-hybridized carbons (Fsp3) is 0.412. The fourth-order valence-corrected chi connectivity index (χ4v) is 3.75. The Morgan fingerprint density at radius 2 is 2.20 bits per heavy atom. The Bertz CT molecular complexity index is 690. The number of allylic oxidation sites excluding steroid dienone is 2. The minimum atomic E-state index is -0.433. The molecule has 1 saturated heterocycles. The predicted octanol–water partition coefficient (Wildman–Crippen LogP) is 2.15. The van der Waals surface area contributed by atoms with Gasteiger partial charge in [-0.3, -0.25) is 0 Å². The zero-order valence-corrected chi connectivity index (χ0v) is 15.9. The number of thiophene rings is 1. The molecule has 1 fully saturated rings. The van der Waals surface area contributed by atoms with Gasteiger partial charge in [0.05, 0.1) is 48.5 Å². The summed E-state index contributed by atoms with van der Waals surface area (Å²) < 4.78 is 9.83. The molecular weight excluding hydrogens is 358 g/mol. The number of morpholine rings is 1. The highest BCUT2D eigenvalue weighted by Gasteiger charge is 2.34. The van der Waals surface area contributed by atoms with E-state index in [1.54, 1.807) is 6.92 Å². The lowest BCUT2D eigenvalue weighted by molar-refractivity contribution is -0.136. The van der Waals surface area contributed by atoms with E-state index < -0.39 is 11.9 Å². The van der Waals surface area contributed by atoms with Crippen LogP contribution in [-0.2, 0) is 14.3 Å². The molecule has 0 radical (unpaired) electrons. The lowest BCUT2D eigenvalue weighted by Crippen LogP contribution is -2.30. The standard InChI is InChI=1S/C13H12N2O2S2.C4H9NO/c1-7-10(13(16)17-2)11(9-4-3-5-19-9)8(6-14)12(18)15-7;1-3-6-4-2-5-1/h3-5,11,15,18H,1-2H3;5H,1-4H2. The summed E-state index contributed by atoms with van der Waals surface area (Å²) in [6, 6.07) is 5.91. The third kappa shape index (κ3) is 4.86. The molecule has 0 bridgehead atoms. The Hall–Kier alpha value is -1.79. The first-order valence-corrected chi connectivity index (χ1v) is 9.14. The fourth-order valence-electron chi connectivity index (χ4n) is 2.56. The van der Waals surface area contributed by atoms with Gasteiger partial charge in [-0.2, -0.15) is 5.26 Å². The van der Waals surface area contributed by atoms with E-state index in [0.29, 0.717) is 21.9 Å². The molecule has 8 heteroatoms. The molecular formula is C17H21N3O3S2. The van der Waals surface area contributed by atoms with Gasteiger partial charge in [-0.1, -0.05) is 6.07 Å². The van der Waals surface area contributed by atoms with Crippen LogP contribution in [0.15, 0.2) is 39.4 Å². The molecule has 0 amide bonds. The number of hydrogen-bond donors (Lipinski definition) is 3. The summed E-state index contributed by atoms with van der Waals surface area (Å²) in [7, 11) is 1.33. The highest BCUT2D eigenvalue weighted by atomic mass is 32.1. The molecule has 0 aliphatic carbocycles. The summed E-state index contributed by atoms with van der Waals surface area (Å²) in [5.74, 6) is -0.844. The average Bonchev–Trinajstić information content (AvgIpc) is 3.17. The van der Waals surface area contributed by atoms with Gasteiger partial charge >= 0.3 is 5.97 Å². The summed E-state index contributed by atoms with van der Waals surface area (Å²) in [6.07, 6.45) is 0. The van der Waals surface area contributed by atoms with Crippen LogP contribution in [0.2, 0.25) is 0 Å². The highest BCUT2D eigenvalue weighted by Crippen LogP contribution is 2.40. The van der Waals surface area contributed by atoms with Crippen LogP contribution in [0.1, 0.15) is 17.7 Å². The molecule has 6 nitrogen and oxygen atoms in total. The van der Waals surface area contributed by atoms with Gasteiger partial charge in [0, 0.05) is 23.7 Å². The molecule has 2 aliphatic heterocycles. The molecule has 2 N–H and O–H groups in total. The van der Waals surface area contributed by atoms with Crippen LogP contribution in [0.4, 0.5) is 0 Å². The second kappa shape index (κ2) is 9.63. The van der Waals surface area contributed by atoms with E-state index in [-0.39, 0.29) is 0 Å². The van der Waals surface area contributed by atoms with Crippen LogP contribution in [0.3, 0.4) is 0 Å². The molecule has 3 rings (SSSR count). The number of esters is 1. The second-order valence-electron chi connectivity index (χ2n) is 5.34. The zero-order chi connectivity index (χ0) is 18.2. The Balaban J connectivity index is 0.000000316. The van der Waals surface area contributed by atoms with Gasteiger partial charge in [-0.05, 0) is 18.4 Å². The Labute approximate surface area is 156 Å². The number of nitriles is 1. The molecule has 25 heavy (non-hydrogen) atoms. The minimum Gasteiger partial charge on any atom is -0.466 e. The molecule has 0 aromatic carbocycles. The number of nitrogens with zero attached hydrogens (tertiary/aromatic N) is 1. The average molecular weight is 380 g/mol. The van der Waals surface area contributed by atoms with Crippen LogP contribution in [0.5, 0.6) is 0 Å². The topological polar surface area (TPSA) is 83.4 Å². The number of hydrogen-bond acceptors (Lipinski definition) is 8. The smallest absolute Gasteiger partial charge is 0.336 e. The summed E-state index contributed by atoms with van der Waals surface area (Å²) in [5.41, 5.74) is 1.55. The number of thiol groups is 1. The number of carbonyl (C=O) groups is 1. The van der Waals surface area contributed by atoms with Gasteiger partial charge in [-0.25, -0.2) is 4.79 Å². The highest BCUT2D eigenvalue weighted by molar-refractivity contribution is 7.84. The maximum Gasteiger partial charge on any atom is 0.336 e. The third-order valence-electron chi connectivity index (χ3n) is 3.74. The van der Waals surface area contributed by atoms with Crippen molar-refractivity contribution in [2.45, 2.75) is 12.8 Å². The summed E-state index contributed by atoms with van der Waals surface area (Å²) in [5, 5.41) is 17.8. The normalized spacial score (nSPS) is 20.2. The first-order chi connectivity index (χ1) is 12.1. The maximum atomic E-state index is 12.0. The molecule has 0 spiro atoms. The van der Waals surface area contributed by atoms with Crippen LogP contribution in [0.25, 0.3) is 0 Å². The van der Waals surface area contributed by atoms with Crippen molar-refractivity contribution in [1.82, 2.24) is 10.6 Å². The first kappa shape index (κ1) is 19.5.